The van der Waals surface area contributed by atoms with Crippen molar-refractivity contribution in [2.75, 3.05) is 39.5 Å². The second-order valence-corrected chi connectivity index (χ2v) is 18.2. The molecule has 0 spiro atoms. The molecule has 386 valence electrons. The number of nitrogens with zero attached hydrogens (tertiary/aromatic N) is 4. The van der Waals surface area contributed by atoms with Crippen LogP contribution in [0.15, 0.2) is 83.8 Å². The molecule has 6 heterocycles. The average molecular weight is 1010 g/mol. The second kappa shape index (κ2) is 23.6. The van der Waals surface area contributed by atoms with Gasteiger partial charge in [0, 0.05) is 66.2 Å². The summed E-state index contributed by atoms with van der Waals surface area (Å²) in [5.41, 5.74) is 3.39. The first-order chi connectivity index (χ1) is 35.7. The monoisotopic (exact) mass is 1010 g/mol. The number of carbonyl (C=O) groups excluding carboxylic acids is 8. The highest BCUT2D eigenvalue weighted by Crippen LogP contribution is 2.41. The van der Waals surface area contributed by atoms with E-state index in [4.69, 9.17) is 14.5 Å². The summed E-state index contributed by atoms with van der Waals surface area (Å²) >= 11 is 0. The number of fused-ring (bicyclic) bond motifs is 7. The predicted molar refractivity (Wildman–Crippen MR) is 267 cm³/mol. The summed E-state index contributed by atoms with van der Waals surface area (Å²) < 4.78 is 12.6. The highest BCUT2D eigenvalue weighted by molar-refractivity contribution is 6.13. The third-order valence-corrected chi connectivity index (χ3v) is 13.3. The maximum Gasteiger partial charge on any atom is 0.343 e. The van der Waals surface area contributed by atoms with Gasteiger partial charge in [-0.15, -0.1) is 0 Å². The molecular formula is C53H57N9O12. The normalized spacial score (nSPS) is 15.8. The van der Waals surface area contributed by atoms with Crippen molar-refractivity contribution in [3.63, 3.8) is 0 Å². The van der Waals surface area contributed by atoms with Crippen molar-refractivity contribution in [3.8, 4) is 11.4 Å². The number of carbonyl (C=O) groups is 8. The molecule has 0 aliphatic carbocycles. The quantitative estimate of drug-likeness (QED) is 0.0165. The Hall–Kier alpha value is -8.17. The van der Waals surface area contributed by atoms with Crippen LogP contribution in [0.1, 0.15) is 79.7 Å². The van der Waals surface area contributed by atoms with Crippen molar-refractivity contribution in [2.45, 2.75) is 89.5 Å². The third-order valence-electron chi connectivity index (χ3n) is 13.3. The first kappa shape index (κ1) is 52.2. The van der Waals surface area contributed by atoms with Crippen LogP contribution in [0.2, 0.25) is 0 Å². The summed E-state index contributed by atoms with van der Waals surface area (Å²) in [6.07, 6.45) is 7.86. The highest BCUT2D eigenvalue weighted by Gasteiger charge is 2.45. The van der Waals surface area contributed by atoms with Gasteiger partial charge in [0.05, 0.1) is 54.2 Å². The first-order valence-electron chi connectivity index (χ1n) is 24.6. The molecule has 2 atom stereocenters. The fraction of sp³-hybridized carbons (Fsp3) is 0.377. The summed E-state index contributed by atoms with van der Waals surface area (Å²) in [7, 11) is 0. The standard InChI is InChI=1S/C53H57N9O12/c1-2-53(72)37-25-41-49-35(29-62(41)51(70)36(37)30-74-52(53)71)33(48-34-15-11-21-54-38(34)17-18-39(48)60-49)14-8-10-23-73-31-58-44(65)27-57-50(69)40(24-32-12-5-3-6-13-32)59-45(66)28-56-43(64)26-55-42(63)16-7-4-9-22-61-46(67)19-20-47(61)68/h3,5-6,11-13,15,17-21,25,40,72H,2,4,7-10,14,16,22-24,26-31H2,1H3,(H,55,63)(H,56,64)(H,57,69)(H,58,65)(H,59,66)/t40-,53-/m0/s1. The van der Waals surface area contributed by atoms with Crippen molar-refractivity contribution < 1.29 is 52.9 Å². The van der Waals surface area contributed by atoms with Gasteiger partial charge >= 0.3 is 5.97 Å². The molecule has 21 nitrogen and oxygen atoms in total. The number of imide groups is 1. The Morgan fingerprint density at radius 1 is 0.797 bits per heavy atom. The molecule has 3 aliphatic rings. The van der Waals surface area contributed by atoms with Gasteiger partial charge in [-0.05, 0) is 73.9 Å². The molecule has 8 rings (SSSR count). The Bertz CT molecular complexity index is 3100. The van der Waals surface area contributed by atoms with Crippen molar-refractivity contribution in [1.82, 2.24) is 46.0 Å². The molecule has 74 heavy (non-hydrogen) atoms. The number of aliphatic hydroxyl groups is 1. The van der Waals surface area contributed by atoms with E-state index in [2.05, 4.69) is 31.6 Å². The van der Waals surface area contributed by atoms with E-state index in [0.29, 0.717) is 55.4 Å². The van der Waals surface area contributed by atoms with E-state index in [9.17, 15) is 48.3 Å². The maximum absolute atomic E-state index is 14.0. The molecule has 6 N–H and O–H groups in total. The number of rotatable bonds is 24. The summed E-state index contributed by atoms with van der Waals surface area (Å²) in [5, 5.41) is 25.9. The van der Waals surface area contributed by atoms with Crippen LogP contribution < -0.4 is 32.1 Å². The van der Waals surface area contributed by atoms with E-state index in [1.54, 1.807) is 54.1 Å². The lowest BCUT2D eigenvalue weighted by Crippen LogP contribution is -2.52. The van der Waals surface area contributed by atoms with Crippen LogP contribution in [-0.4, -0.2) is 117 Å². The molecule has 0 saturated heterocycles. The summed E-state index contributed by atoms with van der Waals surface area (Å²) in [6, 6.07) is 17.2. The van der Waals surface area contributed by atoms with Crippen LogP contribution in [0.4, 0.5) is 0 Å². The van der Waals surface area contributed by atoms with E-state index in [1.807, 2.05) is 24.3 Å². The number of amides is 7. The second-order valence-electron chi connectivity index (χ2n) is 18.2. The molecule has 21 heteroatoms. The van der Waals surface area contributed by atoms with Gasteiger partial charge in [-0.2, -0.15) is 0 Å². The number of esters is 1. The van der Waals surface area contributed by atoms with Gasteiger partial charge in [-0.25, -0.2) is 9.78 Å². The van der Waals surface area contributed by atoms with Gasteiger partial charge in [-0.1, -0.05) is 49.7 Å². The number of pyridine rings is 3. The molecule has 0 unspecified atom stereocenters. The minimum atomic E-state index is -1.95. The van der Waals surface area contributed by atoms with Crippen LogP contribution in [0.25, 0.3) is 33.2 Å². The minimum Gasteiger partial charge on any atom is -0.458 e. The topological polar surface area (TPSA) is 286 Å². The van der Waals surface area contributed by atoms with Crippen LogP contribution in [0.5, 0.6) is 0 Å². The van der Waals surface area contributed by atoms with E-state index < -0.39 is 54.3 Å². The number of nitrogens with one attached hydrogen (secondary N) is 5. The Morgan fingerprint density at radius 3 is 2.31 bits per heavy atom. The lowest BCUT2D eigenvalue weighted by Gasteiger charge is -2.31. The zero-order valence-corrected chi connectivity index (χ0v) is 40.8. The largest absolute Gasteiger partial charge is 0.458 e. The summed E-state index contributed by atoms with van der Waals surface area (Å²) in [5.74, 6) is -4.35. The molecule has 7 amide bonds. The van der Waals surface area contributed by atoms with Gasteiger partial charge in [0.15, 0.2) is 5.60 Å². The van der Waals surface area contributed by atoms with Gasteiger partial charge in [-0.3, -0.25) is 48.2 Å². The lowest BCUT2D eigenvalue weighted by atomic mass is 9.86. The van der Waals surface area contributed by atoms with Crippen LogP contribution in [-0.2, 0) is 79.4 Å². The van der Waals surface area contributed by atoms with Gasteiger partial charge in [0.2, 0.25) is 29.5 Å². The summed E-state index contributed by atoms with van der Waals surface area (Å²) in [4.78, 5) is 125. The van der Waals surface area contributed by atoms with Crippen LogP contribution in [0.3, 0.4) is 0 Å². The maximum atomic E-state index is 14.0. The average Bonchev–Trinajstić information content (AvgIpc) is 3.94. The van der Waals surface area contributed by atoms with Crippen molar-refractivity contribution in [3.05, 3.63) is 117 Å². The number of benzene rings is 2. The third kappa shape index (κ3) is 11.8. The molecular weight excluding hydrogens is 955 g/mol. The van der Waals surface area contributed by atoms with Crippen molar-refractivity contribution in [2.24, 2.45) is 0 Å². The number of ether oxygens (including phenoxy) is 2. The predicted octanol–water partition coefficient (Wildman–Crippen LogP) is 1.60. The van der Waals surface area contributed by atoms with Crippen LogP contribution >= 0.6 is 0 Å². The smallest absolute Gasteiger partial charge is 0.343 e. The number of hydrogen-bond acceptors (Lipinski definition) is 14. The Kier molecular flexibility index (Phi) is 16.6. The van der Waals surface area contributed by atoms with E-state index in [0.717, 1.165) is 37.9 Å². The van der Waals surface area contributed by atoms with Crippen LogP contribution in [0, 0.1) is 0 Å². The lowest BCUT2D eigenvalue weighted by molar-refractivity contribution is -0.172. The minimum absolute atomic E-state index is 0.0301. The molecule has 0 fully saturated rings. The van der Waals surface area contributed by atoms with Crippen molar-refractivity contribution >= 4 is 69.1 Å². The van der Waals surface area contributed by atoms with Gasteiger partial charge in [0.1, 0.15) is 19.4 Å². The molecule has 3 aromatic heterocycles. The van der Waals surface area contributed by atoms with E-state index >= 15 is 0 Å². The first-order valence-corrected chi connectivity index (χ1v) is 24.6. The molecule has 5 aromatic rings. The number of aromatic nitrogens is 3. The van der Waals surface area contributed by atoms with E-state index in [1.165, 1.54) is 12.2 Å². The highest BCUT2D eigenvalue weighted by atomic mass is 16.6. The Balaban J connectivity index is 0.786. The Morgan fingerprint density at radius 2 is 1.53 bits per heavy atom. The molecule has 0 bridgehead atoms. The van der Waals surface area contributed by atoms with Gasteiger partial charge in [0.25, 0.3) is 17.4 Å². The number of aryl methyl sites for hydroxylation is 1. The number of hydrogen-bond donors (Lipinski definition) is 6. The number of cyclic esters (lactones) is 1. The zero-order chi connectivity index (χ0) is 52.4. The fourth-order valence-corrected chi connectivity index (χ4v) is 9.36. The van der Waals surface area contributed by atoms with Gasteiger partial charge < -0.3 is 45.7 Å². The molecule has 2 aromatic carbocycles. The Labute approximate surface area is 424 Å². The number of unbranched alkanes of at least 4 members (excludes halogenated alkanes) is 3. The zero-order valence-electron chi connectivity index (χ0n) is 40.8. The SMILES string of the molecule is CC[C@@]1(O)C(=O)OCc2c1cc1n(c2=O)Cc2c-1nc1ccc3ncccc3c1c2CCCCOCNC(=O)CNC(=O)[C@H](Cc1ccccc1)NC(=O)CNC(=O)CNC(=O)CCCCCN1C(=O)C=CC1=O. The fourth-order valence-electron chi connectivity index (χ4n) is 9.36. The van der Waals surface area contributed by atoms with Crippen molar-refractivity contribution in [1.29, 1.82) is 0 Å². The molecule has 0 radical (unpaired) electrons. The molecule has 0 saturated carbocycles. The molecule has 3 aliphatic heterocycles. The van der Waals surface area contributed by atoms with E-state index in [-0.39, 0.29) is 93.2 Å². The summed E-state index contributed by atoms with van der Waals surface area (Å²) in [6.45, 7) is 0.821.